The van der Waals surface area contributed by atoms with Gasteiger partial charge in [-0.2, -0.15) is 0 Å². The first-order chi connectivity index (χ1) is 8.96. The Labute approximate surface area is 112 Å². The average molecular weight is 283 g/mol. The Morgan fingerprint density at radius 3 is 2.79 bits per heavy atom. The van der Waals surface area contributed by atoms with Gasteiger partial charge in [0, 0.05) is 18.4 Å². The third kappa shape index (κ3) is 2.81. The van der Waals surface area contributed by atoms with Crippen LogP contribution < -0.4 is 10.5 Å². The van der Waals surface area contributed by atoms with Crippen LogP contribution >= 0.6 is 0 Å². The van der Waals surface area contributed by atoms with Gasteiger partial charge < -0.3 is 15.0 Å². The van der Waals surface area contributed by atoms with Gasteiger partial charge in [-0.3, -0.25) is 0 Å². The van der Waals surface area contributed by atoms with Crippen molar-refractivity contribution in [2.75, 3.05) is 24.3 Å². The number of nitrogens with two attached hydrogens (primary N) is 1. The number of nitrogens with zero attached hydrogens (tertiary/aromatic N) is 2. The van der Waals surface area contributed by atoms with E-state index in [2.05, 4.69) is 4.98 Å². The van der Waals surface area contributed by atoms with Crippen molar-refractivity contribution in [3.63, 3.8) is 0 Å². The number of imidazole rings is 1. The van der Waals surface area contributed by atoms with Gasteiger partial charge in [0.1, 0.15) is 5.75 Å². The highest BCUT2D eigenvalue weighted by Gasteiger charge is 2.13. The van der Waals surface area contributed by atoms with Crippen molar-refractivity contribution in [2.45, 2.75) is 13.5 Å². The quantitative estimate of drug-likeness (QED) is 0.886. The van der Waals surface area contributed by atoms with Crippen LogP contribution in [0, 0.1) is 0 Å². The number of aryl methyl sites for hydroxylation is 1. The second-order valence-corrected chi connectivity index (χ2v) is 6.69. The van der Waals surface area contributed by atoms with Gasteiger partial charge in [0.2, 0.25) is 5.95 Å². The molecule has 0 atom stereocenters. The minimum absolute atomic E-state index is 0.0520. The molecule has 0 unspecified atom stereocenters. The molecule has 19 heavy (non-hydrogen) atoms. The molecule has 6 nitrogen and oxygen atoms in total. The molecule has 7 heteroatoms. The van der Waals surface area contributed by atoms with E-state index in [-0.39, 0.29) is 11.5 Å². The third-order valence-electron chi connectivity index (χ3n) is 3.05. The maximum atomic E-state index is 11.6. The van der Waals surface area contributed by atoms with Gasteiger partial charge in [-0.25, -0.2) is 13.4 Å². The van der Waals surface area contributed by atoms with Crippen LogP contribution in [-0.2, 0) is 16.4 Å². The number of fused-ring (bicyclic) bond motifs is 1. The van der Waals surface area contributed by atoms with E-state index >= 15 is 0 Å². The molecule has 104 valence electrons. The summed E-state index contributed by atoms with van der Waals surface area (Å²) in [5, 5.41) is 0. The highest BCUT2D eigenvalue weighted by molar-refractivity contribution is 7.91. The SMILES string of the molecule is CCS(=O)(=O)CCn1c(N)nc2ccc(OC)cc21. The molecular weight excluding hydrogens is 266 g/mol. The van der Waals surface area contributed by atoms with Crippen molar-refractivity contribution in [3.05, 3.63) is 18.2 Å². The first-order valence-electron chi connectivity index (χ1n) is 5.97. The zero-order valence-corrected chi connectivity index (χ0v) is 11.8. The fourth-order valence-electron chi connectivity index (χ4n) is 1.86. The molecule has 2 N–H and O–H groups in total. The van der Waals surface area contributed by atoms with Crippen molar-refractivity contribution in [2.24, 2.45) is 0 Å². The first-order valence-corrected chi connectivity index (χ1v) is 7.79. The molecule has 0 saturated heterocycles. The smallest absolute Gasteiger partial charge is 0.201 e. The van der Waals surface area contributed by atoms with Crippen molar-refractivity contribution in [1.29, 1.82) is 0 Å². The summed E-state index contributed by atoms with van der Waals surface area (Å²) in [7, 11) is -1.46. The van der Waals surface area contributed by atoms with E-state index in [0.717, 1.165) is 11.0 Å². The van der Waals surface area contributed by atoms with Crippen LogP contribution in [-0.4, -0.2) is 36.6 Å². The fraction of sp³-hybridized carbons (Fsp3) is 0.417. The summed E-state index contributed by atoms with van der Waals surface area (Å²) in [6.45, 7) is 1.93. The second kappa shape index (κ2) is 5.08. The molecule has 1 aromatic heterocycles. The average Bonchev–Trinajstić information content (AvgIpc) is 2.71. The lowest BCUT2D eigenvalue weighted by Gasteiger charge is -2.07. The Kier molecular flexibility index (Phi) is 3.66. The van der Waals surface area contributed by atoms with Gasteiger partial charge in [-0.05, 0) is 12.1 Å². The highest BCUT2D eigenvalue weighted by Crippen LogP contribution is 2.23. The Bertz CT molecular complexity index is 692. The molecule has 0 fully saturated rings. The van der Waals surface area contributed by atoms with Crippen LogP contribution in [0.4, 0.5) is 5.95 Å². The number of methoxy groups -OCH3 is 1. The van der Waals surface area contributed by atoms with Crippen LogP contribution in [0.1, 0.15) is 6.92 Å². The molecule has 2 rings (SSSR count). The maximum absolute atomic E-state index is 11.6. The lowest BCUT2D eigenvalue weighted by atomic mass is 10.3. The zero-order chi connectivity index (χ0) is 14.0. The fourth-order valence-corrected chi connectivity index (χ4v) is 2.61. The molecule has 0 spiro atoms. The standard InChI is InChI=1S/C12H17N3O3S/c1-3-19(16,17)7-6-15-11-8-9(18-2)4-5-10(11)14-12(15)13/h4-5,8H,3,6-7H2,1-2H3,(H2,13,14). The predicted octanol–water partition coefficient (Wildman–Crippen LogP) is 1.06. The maximum Gasteiger partial charge on any atom is 0.201 e. The molecule has 0 aliphatic heterocycles. The number of nitrogen functional groups attached to an aromatic ring is 1. The molecule has 0 radical (unpaired) electrons. The van der Waals surface area contributed by atoms with E-state index < -0.39 is 9.84 Å². The number of aromatic nitrogens is 2. The molecule has 0 amide bonds. The van der Waals surface area contributed by atoms with Crippen LogP contribution in [0.3, 0.4) is 0 Å². The van der Waals surface area contributed by atoms with Gasteiger partial charge in [-0.1, -0.05) is 6.92 Å². The Morgan fingerprint density at radius 2 is 2.16 bits per heavy atom. The summed E-state index contributed by atoms with van der Waals surface area (Å²) in [4.78, 5) is 4.21. The molecule has 1 aromatic carbocycles. The van der Waals surface area contributed by atoms with Crippen LogP contribution in [0.5, 0.6) is 5.75 Å². The minimum atomic E-state index is -3.03. The molecule has 0 aliphatic rings. The minimum Gasteiger partial charge on any atom is -0.497 e. The normalized spacial score (nSPS) is 11.9. The number of anilines is 1. The molecule has 0 saturated carbocycles. The van der Waals surface area contributed by atoms with E-state index in [9.17, 15) is 8.42 Å². The molecule has 1 heterocycles. The number of hydrogen-bond acceptors (Lipinski definition) is 5. The molecule has 0 bridgehead atoms. The van der Waals surface area contributed by atoms with E-state index in [1.165, 1.54) is 0 Å². The van der Waals surface area contributed by atoms with Crippen molar-refractivity contribution in [3.8, 4) is 5.75 Å². The van der Waals surface area contributed by atoms with Gasteiger partial charge in [0.05, 0.1) is 23.9 Å². The third-order valence-corrected chi connectivity index (χ3v) is 4.73. The van der Waals surface area contributed by atoms with Crippen molar-refractivity contribution < 1.29 is 13.2 Å². The van der Waals surface area contributed by atoms with Crippen molar-refractivity contribution >= 4 is 26.8 Å². The molecule has 2 aromatic rings. The van der Waals surface area contributed by atoms with E-state index in [1.807, 2.05) is 0 Å². The van der Waals surface area contributed by atoms with Gasteiger partial charge in [0.15, 0.2) is 9.84 Å². The number of ether oxygens (including phenoxy) is 1. The molecular formula is C12H17N3O3S. The van der Waals surface area contributed by atoms with E-state index in [4.69, 9.17) is 10.5 Å². The summed E-state index contributed by atoms with van der Waals surface area (Å²) >= 11 is 0. The second-order valence-electron chi connectivity index (χ2n) is 4.21. The van der Waals surface area contributed by atoms with Crippen LogP contribution in [0.25, 0.3) is 11.0 Å². The summed E-state index contributed by atoms with van der Waals surface area (Å²) < 4.78 is 30.0. The first kappa shape index (κ1) is 13.7. The van der Waals surface area contributed by atoms with Crippen molar-refractivity contribution in [1.82, 2.24) is 9.55 Å². The lowest BCUT2D eigenvalue weighted by Crippen LogP contribution is -2.15. The van der Waals surface area contributed by atoms with Gasteiger partial charge >= 0.3 is 0 Å². The van der Waals surface area contributed by atoms with E-state index in [1.54, 1.807) is 36.8 Å². The predicted molar refractivity (Wildman–Crippen MR) is 75.0 cm³/mol. The van der Waals surface area contributed by atoms with Gasteiger partial charge in [0.25, 0.3) is 0 Å². The lowest BCUT2D eigenvalue weighted by molar-refractivity contribution is 0.415. The molecule has 0 aliphatic carbocycles. The zero-order valence-electron chi connectivity index (χ0n) is 11.0. The van der Waals surface area contributed by atoms with Crippen LogP contribution in [0.2, 0.25) is 0 Å². The Hall–Kier alpha value is -1.76. The summed E-state index contributed by atoms with van der Waals surface area (Å²) in [6.07, 6.45) is 0. The highest BCUT2D eigenvalue weighted by atomic mass is 32.2. The number of sulfone groups is 1. The Balaban J connectivity index is 2.39. The number of hydrogen-bond donors (Lipinski definition) is 1. The largest absolute Gasteiger partial charge is 0.497 e. The van der Waals surface area contributed by atoms with Crippen LogP contribution in [0.15, 0.2) is 18.2 Å². The van der Waals surface area contributed by atoms with Gasteiger partial charge in [-0.15, -0.1) is 0 Å². The number of rotatable bonds is 5. The summed E-state index contributed by atoms with van der Waals surface area (Å²) in [5.74, 6) is 1.18. The topological polar surface area (TPSA) is 87.2 Å². The summed E-state index contributed by atoms with van der Waals surface area (Å²) in [6, 6.07) is 5.40. The summed E-state index contributed by atoms with van der Waals surface area (Å²) in [5.41, 5.74) is 7.34. The number of benzene rings is 1. The Morgan fingerprint density at radius 1 is 1.42 bits per heavy atom. The van der Waals surface area contributed by atoms with E-state index in [0.29, 0.717) is 18.2 Å². The monoisotopic (exact) mass is 283 g/mol.